The topological polar surface area (TPSA) is 67.9 Å². The number of rotatable bonds is 16. The summed E-state index contributed by atoms with van der Waals surface area (Å²) in [4.78, 5) is 7.18. The van der Waals surface area contributed by atoms with Crippen LogP contribution in [-0.2, 0) is 19.6 Å². The van der Waals surface area contributed by atoms with Gasteiger partial charge >= 0.3 is 0 Å². The zero-order valence-corrected chi connectivity index (χ0v) is 27.4. The van der Waals surface area contributed by atoms with Crippen molar-refractivity contribution in [1.29, 1.82) is 0 Å². The van der Waals surface area contributed by atoms with Gasteiger partial charge in [0.15, 0.2) is 0 Å². The zero-order chi connectivity index (χ0) is 29.6. The number of nitrogens with one attached hydrogen (secondary N) is 2. The first-order valence-corrected chi connectivity index (χ1v) is 15.6. The Morgan fingerprint density at radius 3 is 2.08 bits per heavy atom. The van der Waals surface area contributed by atoms with Crippen LogP contribution in [0.15, 0.2) is 18.3 Å². The van der Waals surface area contributed by atoms with Gasteiger partial charge in [-0.1, -0.05) is 40.7 Å². The van der Waals surface area contributed by atoms with Crippen LogP contribution in [-0.4, -0.2) is 80.4 Å². The van der Waals surface area contributed by atoms with Gasteiger partial charge in [-0.2, -0.15) is 0 Å². The Kier molecular flexibility index (Phi) is 11.5. The van der Waals surface area contributed by atoms with E-state index in [1.54, 1.807) is 0 Å². The van der Waals surface area contributed by atoms with E-state index < -0.39 is 0 Å². The van der Waals surface area contributed by atoms with E-state index in [2.05, 4.69) is 103 Å². The molecule has 2 N–H and O–H groups in total. The van der Waals surface area contributed by atoms with Gasteiger partial charge in [-0.3, -0.25) is 0 Å². The number of hydrogen-bond acceptors (Lipinski definition) is 7. The van der Waals surface area contributed by atoms with Crippen LogP contribution < -0.4 is 15.5 Å². The summed E-state index contributed by atoms with van der Waals surface area (Å²) < 4.78 is 17.7. The van der Waals surface area contributed by atoms with E-state index in [1.165, 1.54) is 5.56 Å². The first-order chi connectivity index (χ1) is 18.5. The van der Waals surface area contributed by atoms with Crippen LogP contribution in [0.5, 0.6) is 0 Å². The summed E-state index contributed by atoms with van der Waals surface area (Å²) in [7, 11) is 0. The Hall–Kier alpha value is -1.25. The molecule has 0 amide bonds. The number of nitrogens with zero attached hydrogens (tertiary/aromatic N) is 2. The first kappa shape index (κ1) is 33.3. The largest absolute Gasteiger partial charge is 0.379 e. The summed E-state index contributed by atoms with van der Waals surface area (Å²) in [6, 6.07) is 5.02. The van der Waals surface area contributed by atoms with E-state index >= 15 is 0 Å². The third kappa shape index (κ3) is 11.6. The van der Waals surface area contributed by atoms with Gasteiger partial charge < -0.3 is 29.7 Å². The molecular formula is C33H60N4O3. The quantitative estimate of drug-likeness (QED) is 0.251. The molecule has 0 atom stereocenters. The molecule has 2 aliphatic rings. The van der Waals surface area contributed by atoms with E-state index in [0.717, 1.165) is 64.3 Å². The summed E-state index contributed by atoms with van der Waals surface area (Å²) in [6.07, 6.45) is 6.92. The lowest BCUT2D eigenvalue weighted by atomic mass is 9.78. The summed E-state index contributed by atoms with van der Waals surface area (Å²) >= 11 is 0. The van der Waals surface area contributed by atoms with E-state index in [9.17, 15) is 0 Å². The molecule has 1 aromatic rings. The zero-order valence-electron chi connectivity index (χ0n) is 27.4. The number of aromatic nitrogens is 1. The number of ether oxygens (including phenoxy) is 3. The average molecular weight is 561 g/mol. The number of hydrogen-bond donors (Lipinski definition) is 2. The highest BCUT2D eigenvalue weighted by atomic mass is 16.5. The van der Waals surface area contributed by atoms with Crippen LogP contribution in [0.2, 0.25) is 0 Å². The fraction of sp³-hybridized carbons (Fsp3) is 0.848. The third-order valence-electron chi connectivity index (χ3n) is 7.97. The SMILES string of the molecule is CC(C)(C)COCCO[C@H]1C[C@H](OCCNC(C)(C)CCC(C)(C)c2ccc(N3CC(NC(C)(C)C)C3)nc2)C1. The van der Waals surface area contributed by atoms with Gasteiger partial charge in [0.05, 0.1) is 38.6 Å². The van der Waals surface area contributed by atoms with Crippen molar-refractivity contribution in [2.24, 2.45) is 5.41 Å². The minimum Gasteiger partial charge on any atom is -0.379 e. The van der Waals surface area contributed by atoms with Crippen molar-refractivity contribution in [2.45, 2.75) is 130 Å². The predicted molar refractivity (Wildman–Crippen MR) is 166 cm³/mol. The second-order valence-electron chi connectivity index (χ2n) is 15.7. The third-order valence-corrected chi connectivity index (χ3v) is 7.97. The van der Waals surface area contributed by atoms with Gasteiger partial charge in [-0.15, -0.1) is 0 Å². The molecule has 1 saturated carbocycles. The molecule has 230 valence electrons. The van der Waals surface area contributed by atoms with Gasteiger partial charge in [-0.05, 0) is 82.8 Å². The molecule has 7 heteroatoms. The van der Waals surface area contributed by atoms with Crippen molar-refractivity contribution >= 4 is 5.82 Å². The maximum Gasteiger partial charge on any atom is 0.128 e. The fourth-order valence-corrected chi connectivity index (χ4v) is 5.26. The molecule has 0 unspecified atom stereocenters. The monoisotopic (exact) mass is 560 g/mol. The maximum absolute atomic E-state index is 6.08. The molecule has 0 radical (unpaired) electrons. The fourth-order valence-electron chi connectivity index (χ4n) is 5.26. The van der Waals surface area contributed by atoms with E-state index in [1.807, 2.05) is 0 Å². The molecule has 1 saturated heterocycles. The first-order valence-electron chi connectivity index (χ1n) is 15.6. The van der Waals surface area contributed by atoms with Gasteiger partial charge in [-0.25, -0.2) is 4.98 Å². The standard InChI is InChI=1S/C33H60N4O3/c1-30(2,3)24-38-17-18-40-28-19-27(20-28)39-16-15-35-33(9,10)14-13-32(7,8)25-11-12-29(34-21-25)37-22-26(23-37)36-31(4,5)6/h11-12,21,26-28,35-36H,13-20,22-24H2,1-10H3/t27-,28-. The van der Waals surface area contributed by atoms with Crippen molar-refractivity contribution in [2.75, 3.05) is 51.0 Å². The highest BCUT2D eigenvalue weighted by molar-refractivity contribution is 5.44. The van der Waals surface area contributed by atoms with E-state index in [4.69, 9.17) is 19.2 Å². The molecule has 2 heterocycles. The van der Waals surface area contributed by atoms with Crippen molar-refractivity contribution in [3.8, 4) is 0 Å². The van der Waals surface area contributed by atoms with Gasteiger partial charge in [0.25, 0.3) is 0 Å². The van der Waals surface area contributed by atoms with Crippen LogP contribution >= 0.6 is 0 Å². The lowest BCUT2D eigenvalue weighted by Crippen LogP contribution is -2.62. The maximum atomic E-state index is 6.08. The molecule has 1 aliphatic carbocycles. The predicted octanol–water partition coefficient (Wildman–Crippen LogP) is 5.71. The highest BCUT2D eigenvalue weighted by Crippen LogP contribution is 2.32. The number of pyridine rings is 1. The minimum absolute atomic E-state index is 0.0546. The van der Waals surface area contributed by atoms with Crippen molar-refractivity contribution in [1.82, 2.24) is 15.6 Å². The van der Waals surface area contributed by atoms with Crippen LogP contribution in [0.4, 0.5) is 5.82 Å². The minimum atomic E-state index is 0.0546. The summed E-state index contributed by atoms with van der Waals surface area (Å²) in [5.74, 6) is 1.09. The van der Waals surface area contributed by atoms with Crippen LogP contribution in [0.25, 0.3) is 0 Å². The Bertz CT molecular complexity index is 876. The van der Waals surface area contributed by atoms with E-state index in [-0.39, 0.29) is 21.9 Å². The average Bonchev–Trinajstić information content (AvgIpc) is 2.78. The highest BCUT2D eigenvalue weighted by Gasteiger charge is 2.32. The Morgan fingerprint density at radius 2 is 1.50 bits per heavy atom. The molecule has 1 aromatic heterocycles. The molecule has 0 spiro atoms. The molecular weight excluding hydrogens is 500 g/mol. The van der Waals surface area contributed by atoms with Crippen LogP contribution in [0.1, 0.15) is 100 Å². The molecule has 3 rings (SSSR count). The van der Waals surface area contributed by atoms with Crippen molar-refractivity contribution in [3.63, 3.8) is 0 Å². The normalized spacial score (nSPS) is 20.9. The van der Waals surface area contributed by atoms with E-state index in [0.29, 0.717) is 31.5 Å². The Balaban J connectivity index is 1.27. The summed E-state index contributed by atoms with van der Waals surface area (Å²) in [6.45, 7) is 28.3. The molecule has 7 nitrogen and oxygen atoms in total. The second kappa shape index (κ2) is 13.8. The van der Waals surface area contributed by atoms with Crippen LogP contribution in [0, 0.1) is 5.41 Å². The van der Waals surface area contributed by atoms with Gasteiger partial charge in [0.1, 0.15) is 5.82 Å². The van der Waals surface area contributed by atoms with Crippen molar-refractivity contribution < 1.29 is 14.2 Å². The lowest BCUT2D eigenvalue weighted by molar-refractivity contribution is -0.110. The number of anilines is 1. The summed E-state index contributed by atoms with van der Waals surface area (Å²) in [5, 5.41) is 7.39. The van der Waals surface area contributed by atoms with Crippen LogP contribution in [0.3, 0.4) is 0 Å². The lowest BCUT2D eigenvalue weighted by Gasteiger charge is -2.43. The molecule has 2 fully saturated rings. The van der Waals surface area contributed by atoms with Gasteiger partial charge in [0.2, 0.25) is 0 Å². The Labute approximate surface area is 245 Å². The van der Waals surface area contributed by atoms with Gasteiger partial charge in [0, 0.05) is 43.0 Å². The summed E-state index contributed by atoms with van der Waals surface area (Å²) in [5.41, 5.74) is 1.80. The second-order valence-corrected chi connectivity index (χ2v) is 15.7. The molecule has 0 aromatic carbocycles. The molecule has 0 bridgehead atoms. The Morgan fingerprint density at radius 1 is 0.850 bits per heavy atom. The smallest absolute Gasteiger partial charge is 0.128 e. The molecule has 40 heavy (non-hydrogen) atoms. The molecule has 1 aliphatic heterocycles. The van der Waals surface area contributed by atoms with Crippen molar-refractivity contribution in [3.05, 3.63) is 23.9 Å².